The number of benzene rings is 1. The molecule has 1 aromatic carbocycles. The van der Waals surface area contributed by atoms with E-state index in [2.05, 4.69) is 15.6 Å². The number of ether oxygens (including phenoxy) is 1. The number of methoxy groups -OCH3 is 1. The number of aryl methyl sites for hydroxylation is 1. The molecular formula is C20H29FIN3O3. The lowest BCUT2D eigenvalue weighted by Gasteiger charge is -2.21. The summed E-state index contributed by atoms with van der Waals surface area (Å²) in [7, 11) is 1.60. The zero-order valence-corrected chi connectivity index (χ0v) is 19.0. The van der Waals surface area contributed by atoms with Crippen molar-refractivity contribution in [2.45, 2.75) is 32.5 Å². The lowest BCUT2D eigenvalue weighted by molar-refractivity contribution is 0.0428. The van der Waals surface area contributed by atoms with Crippen molar-refractivity contribution in [3.63, 3.8) is 0 Å². The summed E-state index contributed by atoms with van der Waals surface area (Å²) >= 11 is 0. The summed E-state index contributed by atoms with van der Waals surface area (Å²) in [5.41, 5.74) is -0.353. The zero-order chi connectivity index (χ0) is 19.9. The van der Waals surface area contributed by atoms with Gasteiger partial charge in [-0.2, -0.15) is 0 Å². The van der Waals surface area contributed by atoms with E-state index < -0.39 is 5.60 Å². The van der Waals surface area contributed by atoms with Crippen LogP contribution in [-0.2, 0) is 10.3 Å². The molecule has 0 saturated carbocycles. The number of hydrogen-bond donors (Lipinski definition) is 3. The first-order valence-electron chi connectivity index (χ1n) is 8.95. The first kappa shape index (κ1) is 24.4. The Hall–Kier alpha value is -1.65. The smallest absolute Gasteiger partial charge is 0.191 e. The summed E-state index contributed by atoms with van der Waals surface area (Å²) in [5.74, 6) is 1.47. The normalized spacial score (nSPS) is 14.7. The number of halogens is 2. The van der Waals surface area contributed by atoms with Crippen LogP contribution in [0.5, 0.6) is 0 Å². The first-order chi connectivity index (χ1) is 12.9. The predicted molar refractivity (Wildman–Crippen MR) is 119 cm³/mol. The van der Waals surface area contributed by atoms with Crippen molar-refractivity contribution in [1.82, 2.24) is 10.6 Å². The van der Waals surface area contributed by atoms with Crippen LogP contribution < -0.4 is 10.6 Å². The molecule has 0 amide bonds. The third-order valence-corrected chi connectivity index (χ3v) is 4.14. The molecule has 0 radical (unpaired) electrons. The van der Waals surface area contributed by atoms with Crippen LogP contribution in [0.1, 0.15) is 37.0 Å². The van der Waals surface area contributed by atoms with Crippen LogP contribution in [0.25, 0.3) is 0 Å². The topological polar surface area (TPSA) is 79.0 Å². The zero-order valence-electron chi connectivity index (χ0n) is 16.7. The van der Waals surface area contributed by atoms with Crippen LogP contribution in [0, 0.1) is 12.7 Å². The maximum absolute atomic E-state index is 13.1. The van der Waals surface area contributed by atoms with E-state index in [0.717, 1.165) is 11.3 Å². The van der Waals surface area contributed by atoms with E-state index in [-0.39, 0.29) is 42.4 Å². The third kappa shape index (κ3) is 7.06. The van der Waals surface area contributed by atoms with Gasteiger partial charge in [-0.25, -0.2) is 9.38 Å². The van der Waals surface area contributed by atoms with Gasteiger partial charge in [0.2, 0.25) is 0 Å². The number of nitrogens with one attached hydrogen (secondary N) is 2. The van der Waals surface area contributed by atoms with Crippen LogP contribution in [0.4, 0.5) is 4.39 Å². The summed E-state index contributed by atoms with van der Waals surface area (Å²) in [6, 6.07) is 9.76. The Bertz CT molecular complexity index is 747. The Labute approximate surface area is 182 Å². The van der Waals surface area contributed by atoms with Gasteiger partial charge in [0, 0.05) is 20.2 Å². The van der Waals surface area contributed by atoms with Crippen LogP contribution in [-0.4, -0.2) is 37.8 Å². The molecule has 8 heteroatoms. The molecule has 0 aliphatic rings. The molecule has 28 heavy (non-hydrogen) atoms. The van der Waals surface area contributed by atoms with Crippen molar-refractivity contribution in [3.8, 4) is 0 Å². The number of nitrogens with zero attached hydrogens (tertiary/aromatic N) is 1. The molecule has 2 unspecified atom stereocenters. The minimum Gasteiger partial charge on any atom is -0.463 e. The van der Waals surface area contributed by atoms with E-state index in [4.69, 9.17) is 9.15 Å². The molecule has 2 atom stereocenters. The fourth-order valence-corrected chi connectivity index (χ4v) is 2.58. The number of furan rings is 1. The molecule has 0 aliphatic heterocycles. The van der Waals surface area contributed by atoms with E-state index >= 15 is 0 Å². The Morgan fingerprint density at radius 1 is 1.25 bits per heavy atom. The van der Waals surface area contributed by atoms with Crippen molar-refractivity contribution in [3.05, 3.63) is 59.3 Å². The van der Waals surface area contributed by atoms with Crippen molar-refractivity contribution >= 4 is 29.9 Å². The fraction of sp³-hybridized carbons (Fsp3) is 0.450. The van der Waals surface area contributed by atoms with Crippen molar-refractivity contribution in [2.24, 2.45) is 4.99 Å². The molecule has 0 saturated heterocycles. The second-order valence-corrected chi connectivity index (χ2v) is 6.54. The average molecular weight is 505 g/mol. The molecule has 1 aromatic heterocycles. The molecule has 0 spiro atoms. The van der Waals surface area contributed by atoms with E-state index in [1.165, 1.54) is 12.1 Å². The third-order valence-electron chi connectivity index (χ3n) is 4.14. The van der Waals surface area contributed by atoms with Gasteiger partial charge in [0.15, 0.2) is 5.96 Å². The highest BCUT2D eigenvalue weighted by molar-refractivity contribution is 14.0. The predicted octanol–water partition coefficient (Wildman–Crippen LogP) is 3.50. The maximum Gasteiger partial charge on any atom is 0.191 e. The Kier molecular flexibility index (Phi) is 9.91. The van der Waals surface area contributed by atoms with Crippen molar-refractivity contribution < 1.29 is 18.7 Å². The molecule has 156 valence electrons. The van der Waals surface area contributed by atoms with Crippen molar-refractivity contribution in [1.29, 1.82) is 0 Å². The van der Waals surface area contributed by atoms with E-state index in [1.807, 2.05) is 19.9 Å². The Morgan fingerprint density at radius 2 is 1.93 bits per heavy atom. The summed E-state index contributed by atoms with van der Waals surface area (Å²) in [4.78, 5) is 4.45. The summed E-state index contributed by atoms with van der Waals surface area (Å²) in [6.07, 6.45) is -0.261. The molecule has 6 nitrogen and oxygen atoms in total. The lowest BCUT2D eigenvalue weighted by Crippen LogP contribution is -2.40. The van der Waals surface area contributed by atoms with E-state index in [0.29, 0.717) is 24.8 Å². The van der Waals surface area contributed by atoms with Crippen LogP contribution in [0.2, 0.25) is 0 Å². The van der Waals surface area contributed by atoms with Gasteiger partial charge in [-0.3, -0.25) is 0 Å². The summed E-state index contributed by atoms with van der Waals surface area (Å²) in [6.45, 7) is 6.68. The molecule has 1 heterocycles. The number of aliphatic imine (C=N–C) groups is 1. The van der Waals surface area contributed by atoms with Gasteiger partial charge in [-0.05, 0) is 50.6 Å². The van der Waals surface area contributed by atoms with Gasteiger partial charge in [0.25, 0.3) is 0 Å². The average Bonchev–Trinajstić information content (AvgIpc) is 3.09. The summed E-state index contributed by atoms with van der Waals surface area (Å²) < 4.78 is 24.1. The first-order valence-corrected chi connectivity index (χ1v) is 8.95. The van der Waals surface area contributed by atoms with Gasteiger partial charge in [-0.1, -0.05) is 12.1 Å². The van der Waals surface area contributed by atoms with Gasteiger partial charge in [-0.15, -0.1) is 24.0 Å². The van der Waals surface area contributed by atoms with Gasteiger partial charge < -0.3 is 24.9 Å². The van der Waals surface area contributed by atoms with Crippen molar-refractivity contribution in [2.75, 3.05) is 26.7 Å². The molecule has 0 aliphatic carbocycles. The highest BCUT2D eigenvalue weighted by Gasteiger charge is 2.26. The molecule has 0 bridgehead atoms. The standard InChI is InChI=1S/C20H28FN3O3.HI/c1-5-22-19(24-13-20(3,25)18-11-6-14(2)27-18)23-12-17(26-4)15-7-9-16(21)10-8-15;/h6-11,17,25H,5,12-13H2,1-4H3,(H2,22,23,24);1H. The second kappa shape index (κ2) is 11.4. The molecular weight excluding hydrogens is 476 g/mol. The fourth-order valence-electron chi connectivity index (χ4n) is 2.58. The highest BCUT2D eigenvalue weighted by Crippen LogP contribution is 2.23. The SMILES string of the molecule is CCNC(=NCC(C)(O)c1ccc(C)o1)NCC(OC)c1ccc(F)cc1.I. The molecule has 2 rings (SSSR count). The minimum atomic E-state index is -1.21. The minimum absolute atomic E-state index is 0. The van der Waals surface area contributed by atoms with Crippen LogP contribution >= 0.6 is 24.0 Å². The van der Waals surface area contributed by atoms with Crippen LogP contribution in [0.15, 0.2) is 45.8 Å². The molecule has 2 aromatic rings. The number of aliphatic hydroxyl groups is 1. The van der Waals surface area contributed by atoms with Gasteiger partial charge in [0.05, 0.1) is 12.6 Å². The number of guanidine groups is 1. The maximum atomic E-state index is 13.1. The van der Waals surface area contributed by atoms with E-state index in [1.54, 1.807) is 32.2 Å². The Morgan fingerprint density at radius 3 is 2.46 bits per heavy atom. The van der Waals surface area contributed by atoms with Crippen LogP contribution in [0.3, 0.4) is 0 Å². The largest absolute Gasteiger partial charge is 0.463 e. The second-order valence-electron chi connectivity index (χ2n) is 6.54. The van der Waals surface area contributed by atoms with Gasteiger partial charge >= 0.3 is 0 Å². The van der Waals surface area contributed by atoms with E-state index in [9.17, 15) is 9.50 Å². The highest BCUT2D eigenvalue weighted by atomic mass is 127. The number of hydrogen-bond acceptors (Lipinski definition) is 4. The quantitative estimate of drug-likeness (QED) is 0.291. The Balaban J connectivity index is 0.00000392. The summed E-state index contributed by atoms with van der Waals surface area (Å²) in [5, 5.41) is 17.0. The van der Waals surface area contributed by atoms with Gasteiger partial charge in [0.1, 0.15) is 22.9 Å². The molecule has 3 N–H and O–H groups in total. The molecule has 0 fully saturated rings. The monoisotopic (exact) mass is 505 g/mol. The number of rotatable bonds is 8. The lowest BCUT2D eigenvalue weighted by atomic mass is 10.0.